The van der Waals surface area contributed by atoms with Crippen molar-refractivity contribution in [3.8, 4) is 5.75 Å². The van der Waals surface area contributed by atoms with Gasteiger partial charge in [0.25, 0.3) is 0 Å². The Balaban J connectivity index is 1.88. The summed E-state index contributed by atoms with van der Waals surface area (Å²) < 4.78 is 18.5. The fourth-order valence-electron chi connectivity index (χ4n) is 3.60. The van der Waals surface area contributed by atoms with Crippen molar-refractivity contribution < 1.29 is 13.9 Å². The van der Waals surface area contributed by atoms with Gasteiger partial charge in [-0.15, -0.1) is 0 Å². The van der Waals surface area contributed by atoms with Gasteiger partial charge in [-0.3, -0.25) is 4.79 Å². The zero-order valence-electron chi connectivity index (χ0n) is 14.1. The lowest BCUT2D eigenvalue weighted by Crippen LogP contribution is -2.38. The third-order valence-corrected chi connectivity index (χ3v) is 4.94. The predicted molar refractivity (Wildman–Crippen MR) is 92.9 cm³/mol. The molecule has 126 valence electrons. The first-order chi connectivity index (χ1) is 11.5. The Bertz CT molecular complexity index is 734. The van der Waals surface area contributed by atoms with Gasteiger partial charge in [0.15, 0.2) is 0 Å². The number of ether oxygens (including phenoxy) is 1. The van der Waals surface area contributed by atoms with Crippen LogP contribution in [-0.4, -0.2) is 13.0 Å². The molecule has 4 heteroatoms. The van der Waals surface area contributed by atoms with E-state index in [9.17, 15) is 9.18 Å². The van der Waals surface area contributed by atoms with Crippen LogP contribution in [0.5, 0.6) is 5.75 Å². The van der Waals surface area contributed by atoms with Gasteiger partial charge in [-0.1, -0.05) is 25.0 Å². The van der Waals surface area contributed by atoms with Crippen LogP contribution in [0.15, 0.2) is 42.5 Å². The summed E-state index contributed by atoms with van der Waals surface area (Å²) in [4.78, 5) is 13.1. The normalized spacial score (nSPS) is 16.0. The van der Waals surface area contributed by atoms with E-state index in [4.69, 9.17) is 4.74 Å². The molecule has 1 fully saturated rings. The zero-order valence-corrected chi connectivity index (χ0v) is 14.1. The van der Waals surface area contributed by atoms with E-state index in [-0.39, 0.29) is 11.7 Å². The van der Waals surface area contributed by atoms with Gasteiger partial charge < -0.3 is 10.1 Å². The highest BCUT2D eigenvalue weighted by Crippen LogP contribution is 2.42. The minimum atomic E-state index is -0.568. The molecule has 0 atom stereocenters. The number of carbonyl (C=O) groups is 1. The summed E-state index contributed by atoms with van der Waals surface area (Å²) in [5.41, 5.74) is 2.05. The van der Waals surface area contributed by atoms with Gasteiger partial charge in [0, 0.05) is 5.69 Å². The molecular weight excluding hydrogens is 305 g/mol. The first-order valence-electron chi connectivity index (χ1n) is 8.27. The fourth-order valence-corrected chi connectivity index (χ4v) is 3.60. The fraction of sp³-hybridized carbons (Fsp3) is 0.350. The standard InChI is InChI=1S/C20H22FNO2/c1-14-13-17(9-10-18(14)24-2)22-19(23)20(11-3-4-12-20)15-5-7-16(21)8-6-15/h5-10,13H,3-4,11-12H2,1-2H3,(H,22,23). The van der Waals surface area contributed by atoms with E-state index in [2.05, 4.69) is 5.32 Å². The summed E-state index contributed by atoms with van der Waals surface area (Å²) >= 11 is 0. The van der Waals surface area contributed by atoms with Crippen LogP contribution in [0.2, 0.25) is 0 Å². The lowest BCUT2D eigenvalue weighted by atomic mass is 9.78. The first kappa shape index (κ1) is 16.5. The number of amides is 1. The number of aryl methyl sites for hydroxylation is 1. The van der Waals surface area contributed by atoms with Crippen LogP contribution < -0.4 is 10.1 Å². The third kappa shape index (κ3) is 3.01. The molecule has 0 aromatic heterocycles. The van der Waals surface area contributed by atoms with Gasteiger partial charge in [0.1, 0.15) is 11.6 Å². The van der Waals surface area contributed by atoms with E-state index in [1.807, 2.05) is 25.1 Å². The highest BCUT2D eigenvalue weighted by Gasteiger charge is 2.42. The SMILES string of the molecule is COc1ccc(NC(=O)C2(c3ccc(F)cc3)CCCC2)cc1C. The van der Waals surface area contributed by atoms with Crippen LogP contribution in [-0.2, 0) is 10.2 Å². The quantitative estimate of drug-likeness (QED) is 0.892. The maximum atomic E-state index is 13.2. The molecule has 3 nitrogen and oxygen atoms in total. The third-order valence-electron chi connectivity index (χ3n) is 4.94. The second-order valence-electron chi connectivity index (χ2n) is 6.43. The van der Waals surface area contributed by atoms with E-state index in [0.29, 0.717) is 0 Å². The van der Waals surface area contributed by atoms with Gasteiger partial charge in [-0.25, -0.2) is 4.39 Å². The van der Waals surface area contributed by atoms with E-state index >= 15 is 0 Å². The van der Waals surface area contributed by atoms with Crippen molar-refractivity contribution in [2.24, 2.45) is 0 Å². The second kappa shape index (κ2) is 6.63. The van der Waals surface area contributed by atoms with Gasteiger partial charge in [0.2, 0.25) is 5.91 Å². The van der Waals surface area contributed by atoms with Crippen molar-refractivity contribution in [3.63, 3.8) is 0 Å². The Hall–Kier alpha value is -2.36. The van der Waals surface area contributed by atoms with Gasteiger partial charge in [-0.05, 0) is 61.2 Å². The molecule has 1 N–H and O–H groups in total. The van der Waals surface area contributed by atoms with E-state index in [1.165, 1.54) is 12.1 Å². The molecule has 2 aromatic carbocycles. The number of hydrogen-bond donors (Lipinski definition) is 1. The van der Waals surface area contributed by atoms with Crippen molar-refractivity contribution in [2.45, 2.75) is 38.0 Å². The largest absolute Gasteiger partial charge is 0.496 e. The van der Waals surface area contributed by atoms with Gasteiger partial charge in [0.05, 0.1) is 12.5 Å². The molecule has 1 aliphatic carbocycles. The molecule has 0 saturated heterocycles. The lowest BCUT2D eigenvalue weighted by Gasteiger charge is -2.28. The smallest absolute Gasteiger partial charge is 0.235 e. The average Bonchev–Trinajstić information content (AvgIpc) is 3.07. The molecule has 3 rings (SSSR count). The van der Waals surface area contributed by atoms with Gasteiger partial charge in [-0.2, -0.15) is 0 Å². The second-order valence-corrected chi connectivity index (χ2v) is 6.43. The van der Waals surface area contributed by atoms with E-state index in [1.54, 1.807) is 19.2 Å². The molecule has 1 amide bonds. The Morgan fingerprint density at radius 3 is 2.38 bits per heavy atom. The minimum absolute atomic E-state index is 0.0174. The number of hydrogen-bond acceptors (Lipinski definition) is 2. The van der Waals surface area contributed by atoms with Crippen molar-refractivity contribution in [1.82, 2.24) is 0 Å². The molecule has 2 aromatic rings. The monoisotopic (exact) mass is 327 g/mol. The van der Waals surface area contributed by atoms with Crippen molar-refractivity contribution in [3.05, 3.63) is 59.4 Å². The van der Waals surface area contributed by atoms with Crippen molar-refractivity contribution in [2.75, 3.05) is 12.4 Å². The van der Waals surface area contributed by atoms with Crippen LogP contribution in [0.4, 0.5) is 10.1 Å². The number of halogens is 1. The molecular formula is C20H22FNO2. The molecule has 0 aliphatic heterocycles. The molecule has 24 heavy (non-hydrogen) atoms. The Labute approximate surface area is 141 Å². The number of anilines is 1. The number of benzene rings is 2. The summed E-state index contributed by atoms with van der Waals surface area (Å²) in [5, 5.41) is 3.04. The molecule has 0 bridgehead atoms. The topological polar surface area (TPSA) is 38.3 Å². The maximum absolute atomic E-state index is 13.2. The first-order valence-corrected chi connectivity index (χ1v) is 8.27. The maximum Gasteiger partial charge on any atom is 0.235 e. The van der Waals surface area contributed by atoms with Crippen molar-refractivity contribution >= 4 is 11.6 Å². The van der Waals surface area contributed by atoms with Crippen LogP contribution >= 0.6 is 0 Å². The number of methoxy groups -OCH3 is 1. The minimum Gasteiger partial charge on any atom is -0.496 e. The van der Waals surface area contributed by atoms with Crippen LogP contribution in [0.25, 0.3) is 0 Å². The van der Waals surface area contributed by atoms with Crippen molar-refractivity contribution in [1.29, 1.82) is 0 Å². The van der Waals surface area contributed by atoms with Crippen LogP contribution in [0, 0.1) is 12.7 Å². The Morgan fingerprint density at radius 2 is 1.79 bits per heavy atom. The Kier molecular flexibility index (Phi) is 4.56. The predicted octanol–water partition coefficient (Wildman–Crippen LogP) is 4.59. The summed E-state index contributed by atoms with van der Waals surface area (Å²) in [6, 6.07) is 11.9. The number of nitrogens with one attached hydrogen (secondary N) is 1. The molecule has 1 aliphatic rings. The molecule has 0 unspecified atom stereocenters. The van der Waals surface area contributed by atoms with E-state index < -0.39 is 5.41 Å². The average molecular weight is 327 g/mol. The van der Waals surface area contributed by atoms with Gasteiger partial charge >= 0.3 is 0 Å². The summed E-state index contributed by atoms with van der Waals surface area (Å²) in [7, 11) is 1.63. The highest BCUT2D eigenvalue weighted by molar-refractivity contribution is 5.99. The number of rotatable bonds is 4. The molecule has 1 saturated carbocycles. The highest BCUT2D eigenvalue weighted by atomic mass is 19.1. The molecule has 0 spiro atoms. The lowest BCUT2D eigenvalue weighted by molar-refractivity contribution is -0.121. The Morgan fingerprint density at radius 1 is 1.12 bits per heavy atom. The zero-order chi connectivity index (χ0) is 17.2. The molecule has 0 radical (unpaired) electrons. The number of carbonyl (C=O) groups excluding carboxylic acids is 1. The van der Waals surface area contributed by atoms with Crippen LogP contribution in [0.1, 0.15) is 36.8 Å². The summed E-state index contributed by atoms with van der Waals surface area (Å²) in [6.45, 7) is 1.94. The summed E-state index contributed by atoms with van der Waals surface area (Å²) in [6.07, 6.45) is 3.60. The van der Waals surface area contributed by atoms with E-state index in [0.717, 1.165) is 48.2 Å². The summed E-state index contributed by atoms with van der Waals surface area (Å²) in [5.74, 6) is 0.497. The molecule has 0 heterocycles. The van der Waals surface area contributed by atoms with Crippen LogP contribution in [0.3, 0.4) is 0 Å².